The molecule has 0 saturated heterocycles. The van der Waals surface area contributed by atoms with Crippen LogP contribution in [0.4, 0.5) is 4.39 Å². The highest BCUT2D eigenvalue weighted by molar-refractivity contribution is 6.30. The van der Waals surface area contributed by atoms with E-state index >= 15 is 0 Å². The second-order valence-corrected chi connectivity index (χ2v) is 3.13. The normalized spacial score (nSPS) is 9.15. The van der Waals surface area contributed by atoms with Crippen LogP contribution in [0.5, 0.6) is 0 Å². The zero-order valence-corrected chi connectivity index (χ0v) is 8.29. The SMILES string of the molecule is Fc1c(Cl)cccc1C#CCCCl. The molecular formula is C10H7Cl2F. The lowest BCUT2D eigenvalue weighted by molar-refractivity contribution is 0.625. The van der Waals surface area contributed by atoms with E-state index in [1.165, 1.54) is 6.07 Å². The van der Waals surface area contributed by atoms with E-state index in [1.54, 1.807) is 12.1 Å². The average Bonchev–Trinajstić information content (AvgIpc) is 2.13. The molecule has 0 unspecified atom stereocenters. The lowest BCUT2D eigenvalue weighted by atomic mass is 10.2. The van der Waals surface area contributed by atoms with Crippen molar-refractivity contribution in [3.63, 3.8) is 0 Å². The maximum atomic E-state index is 13.2. The van der Waals surface area contributed by atoms with Crippen molar-refractivity contribution in [2.45, 2.75) is 6.42 Å². The largest absolute Gasteiger partial charge is 0.204 e. The zero-order valence-electron chi connectivity index (χ0n) is 6.78. The van der Waals surface area contributed by atoms with Crippen LogP contribution in [0, 0.1) is 17.7 Å². The van der Waals surface area contributed by atoms with E-state index in [2.05, 4.69) is 11.8 Å². The molecule has 1 aromatic rings. The molecule has 0 aromatic heterocycles. The molecular weight excluding hydrogens is 210 g/mol. The van der Waals surface area contributed by atoms with Crippen LogP contribution in [0.3, 0.4) is 0 Å². The van der Waals surface area contributed by atoms with Gasteiger partial charge in [0.05, 0.1) is 10.6 Å². The highest BCUT2D eigenvalue weighted by Crippen LogP contribution is 2.16. The monoisotopic (exact) mass is 216 g/mol. The third kappa shape index (κ3) is 2.91. The van der Waals surface area contributed by atoms with E-state index in [4.69, 9.17) is 23.2 Å². The lowest BCUT2D eigenvalue weighted by Crippen LogP contribution is -1.83. The summed E-state index contributed by atoms with van der Waals surface area (Å²) in [6.45, 7) is 0. The van der Waals surface area contributed by atoms with Crippen molar-refractivity contribution in [2.24, 2.45) is 0 Å². The average molecular weight is 217 g/mol. The molecule has 13 heavy (non-hydrogen) atoms. The van der Waals surface area contributed by atoms with Crippen LogP contribution in [0.25, 0.3) is 0 Å². The summed E-state index contributed by atoms with van der Waals surface area (Å²) in [5.41, 5.74) is 0.317. The molecule has 0 radical (unpaired) electrons. The topological polar surface area (TPSA) is 0 Å². The Morgan fingerprint density at radius 2 is 2.15 bits per heavy atom. The molecule has 0 nitrogen and oxygen atoms in total. The molecule has 0 N–H and O–H groups in total. The Morgan fingerprint density at radius 1 is 1.38 bits per heavy atom. The summed E-state index contributed by atoms with van der Waals surface area (Å²) in [5.74, 6) is 5.39. The number of hydrogen-bond donors (Lipinski definition) is 0. The minimum atomic E-state index is -0.466. The summed E-state index contributed by atoms with van der Waals surface area (Å²) in [6.07, 6.45) is 0.549. The summed E-state index contributed by atoms with van der Waals surface area (Å²) in [5, 5.41) is 0.0951. The first-order valence-corrected chi connectivity index (χ1v) is 4.66. The van der Waals surface area contributed by atoms with Crippen LogP contribution in [0.2, 0.25) is 5.02 Å². The molecule has 0 heterocycles. The van der Waals surface area contributed by atoms with Crippen LogP contribution in [0.1, 0.15) is 12.0 Å². The summed E-state index contributed by atoms with van der Waals surface area (Å²) in [7, 11) is 0. The van der Waals surface area contributed by atoms with Gasteiger partial charge in [0.25, 0.3) is 0 Å². The molecule has 68 valence electrons. The summed E-state index contributed by atoms with van der Waals surface area (Å²) in [4.78, 5) is 0. The molecule has 0 bridgehead atoms. The number of hydrogen-bond acceptors (Lipinski definition) is 0. The molecule has 0 saturated carbocycles. The molecule has 0 atom stereocenters. The Hall–Kier alpha value is -0.710. The Labute approximate surface area is 86.7 Å². The van der Waals surface area contributed by atoms with Crippen molar-refractivity contribution < 1.29 is 4.39 Å². The number of halogens is 3. The zero-order chi connectivity index (χ0) is 9.68. The molecule has 0 amide bonds. The van der Waals surface area contributed by atoms with Gasteiger partial charge < -0.3 is 0 Å². The van der Waals surface area contributed by atoms with Crippen LogP contribution in [-0.4, -0.2) is 5.88 Å². The molecule has 3 heteroatoms. The van der Waals surface area contributed by atoms with Gasteiger partial charge >= 0.3 is 0 Å². The second-order valence-electron chi connectivity index (χ2n) is 2.34. The third-order valence-corrected chi connectivity index (χ3v) is 1.88. The lowest BCUT2D eigenvalue weighted by Gasteiger charge is -1.95. The van der Waals surface area contributed by atoms with Crippen molar-refractivity contribution >= 4 is 23.2 Å². The van der Waals surface area contributed by atoms with Gasteiger partial charge in [0.2, 0.25) is 0 Å². The summed E-state index contributed by atoms with van der Waals surface area (Å²) < 4.78 is 13.2. The van der Waals surface area contributed by atoms with Gasteiger partial charge in [0, 0.05) is 12.3 Å². The fourth-order valence-electron chi connectivity index (χ4n) is 0.805. The van der Waals surface area contributed by atoms with Crippen LogP contribution in [-0.2, 0) is 0 Å². The quantitative estimate of drug-likeness (QED) is 0.499. The van der Waals surface area contributed by atoms with E-state index < -0.39 is 5.82 Å². The Bertz CT molecular complexity index is 350. The molecule has 0 aliphatic carbocycles. The molecule has 0 spiro atoms. The highest BCUT2D eigenvalue weighted by atomic mass is 35.5. The van der Waals surface area contributed by atoms with Gasteiger partial charge in [-0.25, -0.2) is 4.39 Å². The van der Waals surface area contributed by atoms with E-state index in [9.17, 15) is 4.39 Å². The highest BCUT2D eigenvalue weighted by Gasteiger charge is 2.02. The van der Waals surface area contributed by atoms with E-state index in [0.29, 0.717) is 17.9 Å². The predicted molar refractivity (Wildman–Crippen MR) is 53.6 cm³/mol. The molecule has 0 aliphatic rings. The first-order chi connectivity index (χ1) is 6.25. The molecule has 1 aromatic carbocycles. The maximum Gasteiger partial charge on any atom is 0.157 e. The van der Waals surface area contributed by atoms with Gasteiger partial charge in [-0.05, 0) is 12.1 Å². The standard InChI is InChI=1S/C10H7Cl2F/c11-7-2-1-4-8-5-3-6-9(12)10(8)13/h3,5-6H,2,7H2. The molecule has 1 rings (SSSR count). The Balaban J connectivity index is 2.91. The fraction of sp³-hybridized carbons (Fsp3) is 0.200. The Morgan fingerprint density at radius 3 is 2.85 bits per heavy atom. The Kier molecular flexibility index (Phi) is 4.08. The van der Waals surface area contributed by atoms with Crippen molar-refractivity contribution in [3.05, 3.63) is 34.6 Å². The van der Waals surface area contributed by atoms with E-state index in [-0.39, 0.29) is 5.02 Å². The summed E-state index contributed by atoms with van der Waals surface area (Å²) in [6, 6.07) is 4.74. The van der Waals surface area contributed by atoms with E-state index in [1.807, 2.05) is 0 Å². The minimum absolute atomic E-state index is 0.0951. The van der Waals surface area contributed by atoms with E-state index in [0.717, 1.165) is 0 Å². The first-order valence-electron chi connectivity index (χ1n) is 3.74. The summed E-state index contributed by atoms with van der Waals surface area (Å²) >= 11 is 11.0. The van der Waals surface area contributed by atoms with Gasteiger partial charge in [0.1, 0.15) is 0 Å². The smallest absolute Gasteiger partial charge is 0.157 e. The second kappa shape index (κ2) is 5.11. The molecule has 0 aliphatic heterocycles. The van der Waals surface area contributed by atoms with Crippen LogP contribution < -0.4 is 0 Å². The van der Waals surface area contributed by atoms with Crippen molar-refractivity contribution in [3.8, 4) is 11.8 Å². The van der Waals surface area contributed by atoms with Gasteiger partial charge in [-0.3, -0.25) is 0 Å². The van der Waals surface area contributed by atoms with Crippen molar-refractivity contribution in [1.82, 2.24) is 0 Å². The number of benzene rings is 1. The van der Waals surface area contributed by atoms with Crippen LogP contribution >= 0.6 is 23.2 Å². The van der Waals surface area contributed by atoms with Crippen molar-refractivity contribution in [1.29, 1.82) is 0 Å². The van der Waals surface area contributed by atoms with Gasteiger partial charge in [-0.2, -0.15) is 0 Å². The number of rotatable bonds is 1. The number of alkyl halides is 1. The maximum absolute atomic E-state index is 13.2. The fourth-order valence-corrected chi connectivity index (χ4v) is 1.07. The van der Waals surface area contributed by atoms with Crippen molar-refractivity contribution in [2.75, 3.05) is 5.88 Å². The first kappa shape index (κ1) is 10.4. The minimum Gasteiger partial charge on any atom is -0.204 e. The predicted octanol–water partition coefficient (Wildman–Crippen LogP) is 3.46. The van der Waals surface area contributed by atoms with Gasteiger partial charge in [-0.1, -0.05) is 29.5 Å². The third-order valence-electron chi connectivity index (χ3n) is 1.39. The molecule has 0 fully saturated rings. The van der Waals surface area contributed by atoms with Crippen LogP contribution in [0.15, 0.2) is 18.2 Å². The van der Waals surface area contributed by atoms with Gasteiger partial charge in [0.15, 0.2) is 5.82 Å². The van der Waals surface area contributed by atoms with Gasteiger partial charge in [-0.15, -0.1) is 11.6 Å².